The zero-order valence-electron chi connectivity index (χ0n) is 20.1. The number of carboxylic acids is 1. The molecule has 10 nitrogen and oxygen atoms in total. The third-order valence-electron chi connectivity index (χ3n) is 5.48. The molecule has 0 saturated carbocycles. The van der Waals surface area contributed by atoms with Gasteiger partial charge in [0, 0.05) is 23.7 Å². The number of nitrogens with one attached hydrogen (secondary N) is 3. The fourth-order valence-electron chi connectivity index (χ4n) is 3.76. The number of carboxylic acid groups (broad SMARTS) is 1. The number of aryl methyl sites for hydroxylation is 1. The fourth-order valence-corrected chi connectivity index (χ4v) is 3.76. The number of Topliss-reactive ketones (excluding diaryl/α,β-unsaturated/α-hetero) is 1. The number of phenols is 1. The van der Waals surface area contributed by atoms with Crippen LogP contribution in [0.1, 0.15) is 51.3 Å². The highest BCUT2D eigenvalue weighted by Gasteiger charge is 2.23. The molecule has 3 aromatic rings. The van der Waals surface area contributed by atoms with E-state index >= 15 is 0 Å². The number of phenolic OH excluding ortho intramolecular Hbond substituents is 1. The minimum Gasteiger partial charge on any atom is -0.507 e. The number of carbonyl (C=O) groups excluding carboxylic acids is 3. The van der Waals surface area contributed by atoms with E-state index in [-0.39, 0.29) is 39.6 Å². The Morgan fingerprint density at radius 2 is 1.59 bits per heavy atom. The zero-order valence-corrected chi connectivity index (χ0v) is 20.1. The van der Waals surface area contributed by atoms with Crippen LogP contribution >= 0.6 is 0 Å². The van der Waals surface area contributed by atoms with E-state index in [1.165, 1.54) is 38.1 Å². The highest BCUT2D eigenvalue weighted by atomic mass is 16.4. The van der Waals surface area contributed by atoms with E-state index in [9.17, 15) is 29.4 Å². The molecule has 5 N–H and O–H groups in total. The van der Waals surface area contributed by atoms with Crippen molar-refractivity contribution in [1.82, 2.24) is 0 Å². The Labute approximate surface area is 211 Å². The number of nitriles is 1. The number of carbonyl (C=O) groups is 4. The number of aromatic carboxylic acids is 1. The molecule has 186 valence electrons. The second-order valence-electron chi connectivity index (χ2n) is 8.19. The first kappa shape index (κ1) is 26.3. The summed E-state index contributed by atoms with van der Waals surface area (Å²) in [7, 11) is 0. The van der Waals surface area contributed by atoms with Gasteiger partial charge >= 0.3 is 5.97 Å². The number of anilines is 2. The summed E-state index contributed by atoms with van der Waals surface area (Å²) in [6, 6.07) is 13.0. The van der Waals surface area contributed by atoms with Gasteiger partial charge in [0.2, 0.25) is 5.91 Å². The van der Waals surface area contributed by atoms with Gasteiger partial charge in [0.1, 0.15) is 11.5 Å². The number of hydrogen-bond acceptors (Lipinski definition) is 7. The largest absolute Gasteiger partial charge is 0.507 e. The van der Waals surface area contributed by atoms with Gasteiger partial charge in [0.25, 0.3) is 5.91 Å². The van der Waals surface area contributed by atoms with Crippen LogP contribution in [0.15, 0.2) is 48.5 Å². The lowest BCUT2D eigenvalue weighted by Crippen LogP contribution is -2.24. The van der Waals surface area contributed by atoms with Crippen molar-refractivity contribution in [3.63, 3.8) is 0 Å². The van der Waals surface area contributed by atoms with Crippen molar-refractivity contribution in [1.29, 1.82) is 10.7 Å². The summed E-state index contributed by atoms with van der Waals surface area (Å²) in [6.45, 7) is 4.44. The molecule has 37 heavy (non-hydrogen) atoms. The van der Waals surface area contributed by atoms with E-state index in [1.54, 1.807) is 25.1 Å². The molecular formula is C27H22N4O6. The smallest absolute Gasteiger partial charge is 0.337 e. The Morgan fingerprint density at radius 1 is 0.892 bits per heavy atom. The molecule has 0 heterocycles. The minimum absolute atomic E-state index is 0.0764. The summed E-state index contributed by atoms with van der Waals surface area (Å²) in [5.41, 5.74) is 1.06. The van der Waals surface area contributed by atoms with Gasteiger partial charge in [-0.2, -0.15) is 5.26 Å². The van der Waals surface area contributed by atoms with Gasteiger partial charge in [-0.25, -0.2) is 4.79 Å². The number of benzene rings is 3. The molecule has 0 bridgehead atoms. The molecule has 0 aliphatic rings. The standard InChI is InChI=1S/C27H22N4O6/c1-13-8-17(30-15(3)33)5-6-18(13)20-10-22(24(34)11-19(20)14(2)32)25(29)26(35)31-23-7-4-16(12-28)9-21(23)27(36)37/h4-11,29,34H,1-3H3,(H,30,33)(H,31,35)(H,36,37). The Hall–Kier alpha value is -5.30. The topological polar surface area (TPSA) is 180 Å². The highest BCUT2D eigenvalue weighted by molar-refractivity contribution is 6.48. The van der Waals surface area contributed by atoms with Crippen molar-refractivity contribution in [3.05, 3.63) is 76.3 Å². The Bertz CT molecular complexity index is 1530. The summed E-state index contributed by atoms with van der Waals surface area (Å²) < 4.78 is 0. The van der Waals surface area contributed by atoms with E-state index in [4.69, 9.17) is 10.7 Å². The molecule has 0 aliphatic heterocycles. The number of amides is 2. The van der Waals surface area contributed by atoms with Crippen LogP contribution in [0.3, 0.4) is 0 Å². The Kier molecular flexibility index (Phi) is 7.49. The average molecular weight is 498 g/mol. The zero-order chi connectivity index (χ0) is 27.4. The second kappa shape index (κ2) is 10.5. The summed E-state index contributed by atoms with van der Waals surface area (Å²) in [5, 5.41) is 42.4. The molecule has 3 aromatic carbocycles. The molecule has 10 heteroatoms. The van der Waals surface area contributed by atoms with Crippen LogP contribution in [0.5, 0.6) is 5.75 Å². The maximum atomic E-state index is 12.9. The van der Waals surface area contributed by atoms with Crippen molar-refractivity contribution in [2.75, 3.05) is 10.6 Å². The minimum atomic E-state index is -1.38. The summed E-state index contributed by atoms with van der Waals surface area (Å²) >= 11 is 0. The van der Waals surface area contributed by atoms with Gasteiger partial charge in [-0.1, -0.05) is 6.07 Å². The second-order valence-corrected chi connectivity index (χ2v) is 8.19. The number of hydrogen-bond donors (Lipinski definition) is 5. The van der Waals surface area contributed by atoms with Gasteiger partial charge < -0.3 is 20.8 Å². The monoisotopic (exact) mass is 498 g/mol. The van der Waals surface area contributed by atoms with E-state index in [0.29, 0.717) is 22.4 Å². The van der Waals surface area contributed by atoms with E-state index in [1.807, 2.05) is 6.07 Å². The van der Waals surface area contributed by atoms with Crippen LogP contribution in [-0.2, 0) is 9.59 Å². The van der Waals surface area contributed by atoms with Gasteiger partial charge in [-0.15, -0.1) is 0 Å². The molecule has 0 aliphatic carbocycles. The van der Waals surface area contributed by atoms with Gasteiger partial charge in [0.15, 0.2) is 5.78 Å². The van der Waals surface area contributed by atoms with Crippen molar-refractivity contribution in [2.45, 2.75) is 20.8 Å². The Morgan fingerprint density at radius 3 is 2.16 bits per heavy atom. The third-order valence-corrected chi connectivity index (χ3v) is 5.48. The number of nitrogens with zero attached hydrogens (tertiary/aromatic N) is 1. The summed E-state index contributed by atoms with van der Waals surface area (Å²) in [5.74, 6) is -3.49. The molecular weight excluding hydrogens is 476 g/mol. The van der Waals surface area contributed by atoms with E-state index in [2.05, 4.69) is 10.6 Å². The molecule has 0 radical (unpaired) electrons. The van der Waals surface area contributed by atoms with Crippen molar-refractivity contribution in [2.24, 2.45) is 0 Å². The molecule has 0 aromatic heterocycles. The predicted molar refractivity (Wildman–Crippen MR) is 136 cm³/mol. The van der Waals surface area contributed by atoms with Crippen molar-refractivity contribution >= 4 is 40.7 Å². The first-order chi connectivity index (χ1) is 17.4. The first-order valence-corrected chi connectivity index (χ1v) is 10.9. The molecule has 0 atom stereocenters. The van der Waals surface area contributed by atoms with Gasteiger partial charge in [-0.05, 0) is 73.0 Å². The number of ketones is 1. The summed E-state index contributed by atoms with van der Waals surface area (Å²) in [6.07, 6.45) is 0. The van der Waals surface area contributed by atoms with E-state index in [0.717, 1.165) is 6.07 Å². The summed E-state index contributed by atoms with van der Waals surface area (Å²) in [4.78, 5) is 48.2. The maximum absolute atomic E-state index is 12.9. The predicted octanol–water partition coefficient (Wildman–Crippen LogP) is 4.11. The van der Waals surface area contributed by atoms with Gasteiger partial charge in [-0.3, -0.25) is 19.8 Å². The normalized spacial score (nSPS) is 10.2. The van der Waals surface area contributed by atoms with Crippen molar-refractivity contribution in [3.8, 4) is 22.9 Å². The van der Waals surface area contributed by atoms with Crippen LogP contribution in [0.4, 0.5) is 11.4 Å². The molecule has 0 spiro atoms. The highest BCUT2D eigenvalue weighted by Crippen LogP contribution is 2.34. The van der Waals surface area contributed by atoms with Crippen LogP contribution in [0, 0.1) is 23.7 Å². The van der Waals surface area contributed by atoms with Crippen molar-refractivity contribution < 1.29 is 29.4 Å². The lowest BCUT2D eigenvalue weighted by molar-refractivity contribution is -0.114. The fraction of sp³-hybridized carbons (Fsp3) is 0.111. The molecule has 0 fully saturated rings. The lowest BCUT2D eigenvalue weighted by atomic mass is 9.90. The third kappa shape index (κ3) is 5.68. The van der Waals surface area contributed by atoms with Crippen LogP contribution < -0.4 is 10.6 Å². The maximum Gasteiger partial charge on any atom is 0.337 e. The molecule has 0 saturated heterocycles. The lowest BCUT2D eigenvalue weighted by Gasteiger charge is -2.16. The van der Waals surface area contributed by atoms with E-state index < -0.39 is 23.3 Å². The SMILES string of the molecule is CC(=O)Nc1ccc(-c2cc(C(=N)C(=O)Nc3ccc(C#N)cc3C(=O)O)c(O)cc2C(C)=O)c(C)c1. The first-order valence-electron chi connectivity index (χ1n) is 10.9. The van der Waals surface area contributed by atoms with Crippen LogP contribution in [0.25, 0.3) is 11.1 Å². The molecule has 2 amide bonds. The van der Waals surface area contributed by atoms with Crippen LogP contribution in [0.2, 0.25) is 0 Å². The molecule has 3 rings (SSSR count). The number of rotatable bonds is 7. The average Bonchev–Trinajstić information content (AvgIpc) is 2.83. The van der Waals surface area contributed by atoms with Crippen LogP contribution in [-0.4, -0.2) is 39.5 Å². The molecule has 0 unspecified atom stereocenters. The van der Waals surface area contributed by atoms with Gasteiger partial charge in [0.05, 0.1) is 22.9 Å². The Balaban J connectivity index is 2.05. The number of aromatic hydroxyl groups is 1. The quantitative estimate of drug-likeness (QED) is 0.240.